The van der Waals surface area contributed by atoms with Gasteiger partial charge in [0, 0.05) is 0 Å². The number of aromatic nitrogens is 3. The summed E-state index contributed by atoms with van der Waals surface area (Å²) in [4.78, 5) is 17.9. The van der Waals surface area contributed by atoms with Crippen molar-refractivity contribution in [2.75, 3.05) is 23.4 Å². The number of nitrogens with zero attached hydrogens (tertiary/aromatic N) is 4. The highest BCUT2D eigenvalue weighted by molar-refractivity contribution is 7.15. The summed E-state index contributed by atoms with van der Waals surface area (Å²) in [7, 11) is 0. The Kier molecular flexibility index (Phi) is 5.50. The molecule has 0 bridgehead atoms. The highest BCUT2D eigenvalue weighted by Gasteiger charge is 2.34. The van der Waals surface area contributed by atoms with Crippen molar-refractivity contribution in [3.63, 3.8) is 0 Å². The number of hydrogen-bond donors (Lipinski definition) is 2. The Hall–Kier alpha value is -3.25. The third-order valence-electron chi connectivity index (χ3n) is 4.53. The minimum absolute atomic E-state index is 0.105. The maximum absolute atomic E-state index is 12.8. The van der Waals surface area contributed by atoms with Crippen LogP contribution in [0.1, 0.15) is 21.1 Å². The number of aliphatic hydroxyl groups is 1. The van der Waals surface area contributed by atoms with Gasteiger partial charge in [-0.3, -0.25) is 4.79 Å². The Morgan fingerprint density at radius 3 is 2.74 bits per heavy atom. The van der Waals surface area contributed by atoms with E-state index in [4.69, 9.17) is 4.74 Å². The molecule has 0 radical (unpaired) electrons. The number of para-hydroxylation sites is 1. The second kappa shape index (κ2) is 8.12. The van der Waals surface area contributed by atoms with Gasteiger partial charge in [0.15, 0.2) is 5.75 Å². The number of fused-ring (bicyclic) bond motifs is 1. The molecule has 2 aromatic heterocycles. The average molecular weight is 451 g/mol. The van der Waals surface area contributed by atoms with Crippen molar-refractivity contribution in [3.05, 3.63) is 52.8 Å². The highest BCUT2D eigenvalue weighted by atomic mass is 32.1. The van der Waals surface area contributed by atoms with Gasteiger partial charge in [0.25, 0.3) is 5.91 Å². The van der Waals surface area contributed by atoms with Crippen LogP contribution in [-0.2, 0) is 6.18 Å². The molecule has 4 rings (SSSR count). The fraction of sp³-hybridized carbons (Fsp3) is 0.263. The number of carbonyl (C=O) groups is 1. The van der Waals surface area contributed by atoms with Crippen LogP contribution in [0.3, 0.4) is 0 Å². The lowest BCUT2D eigenvalue weighted by atomic mass is 10.1. The summed E-state index contributed by atoms with van der Waals surface area (Å²) >= 11 is 1.33. The van der Waals surface area contributed by atoms with E-state index in [0.717, 1.165) is 23.3 Å². The van der Waals surface area contributed by atoms with E-state index in [1.165, 1.54) is 17.4 Å². The molecule has 12 heteroatoms. The Labute approximate surface area is 178 Å². The van der Waals surface area contributed by atoms with E-state index < -0.39 is 23.8 Å². The molecule has 1 aromatic carbocycles. The number of benzene rings is 1. The Morgan fingerprint density at radius 2 is 2.13 bits per heavy atom. The second-order valence-corrected chi connectivity index (χ2v) is 7.82. The largest absolute Gasteiger partial charge is 0.488 e. The summed E-state index contributed by atoms with van der Waals surface area (Å²) < 4.78 is 43.8. The predicted molar refractivity (Wildman–Crippen MR) is 107 cm³/mol. The molecule has 0 aliphatic carbocycles. The number of ether oxygens (including phenoxy) is 1. The summed E-state index contributed by atoms with van der Waals surface area (Å²) in [6, 6.07) is 6.40. The second-order valence-electron chi connectivity index (χ2n) is 6.66. The lowest BCUT2D eigenvalue weighted by Crippen LogP contribution is -2.43. The number of alkyl halides is 3. The molecule has 1 aliphatic rings. The number of halogens is 3. The molecular weight excluding hydrogens is 435 g/mol. The number of anilines is 3. The van der Waals surface area contributed by atoms with Crippen molar-refractivity contribution >= 4 is 33.8 Å². The minimum Gasteiger partial charge on any atom is -0.488 e. The zero-order valence-corrected chi connectivity index (χ0v) is 16.9. The smallest absolute Gasteiger partial charge is 0.433 e. The third kappa shape index (κ3) is 4.16. The van der Waals surface area contributed by atoms with E-state index in [0.29, 0.717) is 10.8 Å². The molecule has 0 fully saturated rings. The Morgan fingerprint density at radius 1 is 1.32 bits per heavy atom. The van der Waals surface area contributed by atoms with Gasteiger partial charge in [0.05, 0.1) is 35.8 Å². The van der Waals surface area contributed by atoms with Crippen LogP contribution >= 0.6 is 11.3 Å². The first kappa shape index (κ1) is 21.0. The summed E-state index contributed by atoms with van der Waals surface area (Å²) in [5.74, 6) is -0.299. The zero-order valence-electron chi connectivity index (χ0n) is 16.1. The average Bonchev–Trinajstić information content (AvgIpc) is 3.17. The van der Waals surface area contributed by atoms with E-state index >= 15 is 0 Å². The Bertz CT molecular complexity index is 1100. The summed E-state index contributed by atoms with van der Waals surface area (Å²) in [6.45, 7) is 1.71. The predicted octanol–water partition coefficient (Wildman–Crippen LogP) is 3.40. The lowest BCUT2D eigenvalue weighted by molar-refractivity contribution is -0.141. The molecule has 2 N–H and O–H groups in total. The van der Waals surface area contributed by atoms with E-state index in [2.05, 4.69) is 20.5 Å². The quantitative estimate of drug-likeness (QED) is 0.627. The molecule has 0 spiro atoms. The van der Waals surface area contributed by atoms with Crippen LogP contribution in [0, 0.1) is 6.92 Å². The summed E-state index contributed by atoms with van der Waals surface area (Å²) in [5.41, 5.74) is -0.236. The SMILES string of the molecule is Cc1nnc(N2c3cccc(C(=O)Nc4ccc(C(F)(F)F)nc4)c3OC[C@@H]2CO)s1. The van der Waals surface area contributed by atoms with Crippen LogP contribution in [0.5, 0.6) is 5.75 Å². The number of amides is 1. The third-order valence-corrected chi connectivity index (χ3v) is 5.37. The topological polar surface area (TPSA) is 100 Å². The molecule has 31 heavy (non-hydrogen) atoms. The molecule has 3 aromatic rings. The minimum atomic E-state index is -4.56. The molecule has 0 saturated heterocycles. The van der Waals surface area contributed by atoms with Gasteiger partial charge in [0.2, 0.25) is 5.13 Å². The van der Waals surface area contributed by atoms with Crippen molar-refractivity contribution in [2.24, 2.45) is 0 Å². The molecule has 3 heterocycles. The molecule has 162 valence electrons. The number of aliphatic hydroxyl groups excluding tert-OH is 1. The van der Waals surface area contributed by atoms with Gasteiger partial charge in [-0.15, -0.1) is 10.2 Å². The number of carbonyl (C=O) groups excluding carboxylic acids is 1. The van der Waals surface area contributed by atoms with Crippen LogP contribution < -0.4 is 15.0 Å². The summed E-state index contributed by atoms with van der Waals surface area (Å²) in [5, 5.41) is 21.7. The number of pyridine rings is 1. The maximum atomic E-state index is 12.8. The highest BCUT2D eigenvalue weighted by Crippen LogP contribution is 2.42. The maximum Gasteiger partial charge on any atom is 0.433 e. The van der Waals surface area contributed by atoms with Crippen LogP contribution in [0.15, 0.2) is 36.5 Å². The number of aryl methyl sites for hydroxylation is 1. The van der Waals surface area contributed by atoms with Crippen LogP contribution in [-0.4, -0.2) is 45.5 Å². The lowest BCUT2D eigenvalue weighted by Gasteiger charge is -2.36. The van der Waals surface area contributed by atoms with Crippen LogP contribution in [0.4, 0.5) is 29.7 Å². The van der Waals surface area contributed by atoms with Gasteiger partial charge in [-0.2, -0.15) is 13.2 Å². The Balaban J connectivity index is 1.64. The van der Waals surface area contributed by atoms with E-state index in [1.807, 2.05) is 0 Å². The van der Waals surface area contributed by atoms with Gasteiger partial charge < -0.3 is 20.1 Å². The monoisotopic (exact) mass is 451 g/mol. The van der Waals surface area contributed by atoms with E-state index in [-0.39, 0.29) is 30.2 Å². The van der Waals surface area contributed by atoms with Gasteiger partial charge in [0.1, 0.15) is 17.3 Å². The van der Waals surface area contributed by atoms with Crippen molar-refractivity contribution in [1.82, 2.24) is 15.2 Å². The molecule has 1 amide bonds. The standard InChI is InChI=1S/C19H16F3N5O3S/c1-10-25-26-18(31-10)27-12(8-28)9-30-16-13(3-2-4-14(16)27)17(29)24-11-5-6-15(23-7-11)19(20,21)22/h2-7,12,28H,8-9H2,1H3,(H,24,29)/t12-/m0/s1. The summed E-state index contributed by atoms with van der Waals surface area (Å²) in [6.07, 6.45) is -3.63. The van der Waals surface area contributed by atoms with Gasteiger partial charge >= 0.3 is 6.18 Å². The van der Waals surface area contributed by atoms with E-state index in [1.54, 1.807) is 24.0 Å². The normalized spacial score (nSPS) is 15.9. The molecular formula is C19H16F3N5O3S. The van der Waals surface area contributed by atoms with Gasteiger partial charge in [-0.1, -0.05) is 17.4 Å². The molecule has 0 unspecified atom stereocenters. The first-order valence-electron chi connectivity index (χ1n) is 9.08. The fourth-order valence-electron chi connectivity index (χ4n) is 3.11. The number of rotatable bonds is 4. The van der Waals surface area contributed by atoms with Crippen LogP contribution in [0.25, 0.3) is 0 Å². The number of nitrogens with one attached hydrogen (secondary N) is 1. The van der Waals surface area contributed by atoms with Gasteiger partial charge in [-0.25, -0.2) is 4.98 Å². The van der Waals surface area contributed by atoms with Crippen molar-refractivity contribution in [1.29, 1.82) is 0 Å². The first-order chi connectivity index (χ1) is 14.8. The molecule has 1 aliphatic heterocycles. The zero-order chi connectivity index (χ0) is 22.2. The van der Waals surface area contributed by atoms with Crippen molar-refractivity contribution in [2.45, 2.75) is 19.1 Å². The molecule has 0 saturated carbocycles. The fourth-order valence-corrected chi connectivity index (χ4v) is 3.88. The first-order valence-corrected chi connectivity index (χ1v) is 9.90. The van der Waals surface area contributed by atoms with Crippen molar-refractivity contribution < 1.29 is 27.8 Å². The van der Waals surface area contributed by atoms with E-state index in [9.17, 15) is 23.1 Å². The molecule has 8 nitrogen and oxygen atoms in total. The van der Waals surface area contributed by atoms with Gasteiger partial charge in [-0.05, 0) is 31.2 Å². The van der Waals surface area contributed by atoms with Crippen LogP contribution in [0.2, 0.25) is 0 Å². The molecule has 1 atom stereocenters. The number of hydrogen-bond acceptors (Lipinski definition) is 8. The van der Waals surface area contributed by atoms with Crippen molar-refractivity contribution in [3.8, 4) is 5.75 Å².